The number of benzene rings is 1. The predicted molar refractivity (Wildman–Crippen MR) is 49.7 cm³/mol. The number of hydrogen-bond donors (Lipinski definition) is 2. The van der Waals surface area contributed by atoms with E-state index in [0.29, 0.717) is 6.54 Å². The third-order valence-corrected chi connectivity index (χ3v) is 1.48. The van der Waals surface area contributed by atoms with Gasteiger partial charge in [-0.05, 0) is 5.56 Å². The van der Waals surface area contributed by atoms with Crippen LogP contribution >= 0.6 is 12.4 Å². The highest BCUT2D eigenvalue weighted by Crippen LogP contribution is 2.06. The molecule has 62 valence electrons. The summed E-state index contributed by atoms with van der Waals surface area (Å²) in [6, 6.07) is 9.85. The summed E-state index contributed by atoms with van der Waals surface area (Å²) >= 11 is 0. The summed E-state index contributed by atoms with van der Waals surface area (Å²) < 4.78 is 0. The van der Waals surface area contributed by atoms with E-state index in [1.807, 2.05) is 30.3 Å². The quantitative estimate of drug-likeness (QED) is 0.701. The van der Waals surface area contributed by atoms with Gasteiger partial charge in [-0.2, -0.15) is 0 Å². The van der Waals surface area contributed by atoms with E-state index in [9.17, 15) is 0 Å². The van der Waals surface area contributed by atoms with Crippen LogP contribution in [0.15, 0.2) is 30.3 Å². The van der Waals surface area contributed by atoms with E-state index in [-0.39, 0.29) is 18.4 Å². The maximum atomic E-state index is 5.67. The van der Waals surface area contributed by atoms with Crippen LogP contribution in [0.3, 0.4) is 0 Å². The summed E-state index contributed by atoms with van der Waals surface area (Å²) in [6.07, 6.45) is 0. The van der Waals surface area contributed by atoms with Crippen molar-refractivity contribution < 1.29 is 0 Å². The van der Waals surface area contributed by atoms with Crippen LogP contribution in [-0.2, 0) is 0 Å². The minimum absolute atomic E-state index is 0. The molecule has 0 aliphatic rings. The van der Waals surface area contributed by atoms with Crippen LogP contribution in [-0.4, -0.2) is 6.54 Å². The fraction of sp³-hybridized carbons (Fsp3) is 0.250. The molecular weight excluding hydrogens is 160 g/mol. The zero-order chi connectivity index (χ0) is 7.40. The first-order chi connectivity index (χ1) is 4.84. The summed E-state index contributed by atoms with van der Waals surface area (Å²) in [5, 5.41) is 0. The molecule has 0 saturated carbocycles. The summed E-state index contributed by atoms with van der Waals surface area (Å²) in [5.41, 5.74) is 12.2. The average molecular weight is 173 g/mol. The highest BCUT2D eigenvalue weighted by atomic mass is 35.5. The lowest BCUT2D eigenvalue weighted by molar-refractivity contribution is 0.737. The van der Waals surface area contributed by atoms with E-state index >= 15 is 0 Å². The average Bonchev–Trinajstić information content (AvgIpc) is 2.05. The van der Waals surface area contributed by atoms with E-state index in [0.717, 1.165) is 5.56 Å². The molecule has 0 saturated heterocycles. The van der Waals surface area contributed by atoms with Gasteiger partial charge < -0.3 is 11.5 Å². The molecular formula is C8H13ClN2. The van der Waals surface area contributed by atoms with Gasteiger partial charge in [-0.15, -0.1) is 12.4 Å². The van der Waals surface area contributed by atoms with Gasteiger partial charge in [0.15, 0.2) is 0 Å². The van der Waals surface area contributed by atoms with Gasteiger partial charge in [0.25, 0.3) is 0 Å². The van der Waals surface area contributed by atoms with Crippen LogP contribution in [0.1, 0.15) is 11.6 Å². The van der Waals surface area contributed by atoms with Gasteiger partial charge >= 0.3 is 0 Å². The molecule has 3 heteroatoms. The zero-order valence-electron chi connectivity index (χ0n) is 6.23. The molecule has 0 aromatic heterocycles. The molecule has 0 radical (unpaired) electrons. The molecule has 1 rings (SSSR count). The van der Waals surface area contributed by atoms with Gasteiger partial charge in [0.2, 0.25) is 0 Å². The summed E-state index contributed by atoms with van der Waals surface area (Å²) in [4.78, 5) is 0. The molecule has 4 N–H and O–H groups in total. The van der Waals surface area contributed by atoms with Crippen molar-refractivity contribution in [3.63, 3.8) is 0 Å². The fourth-order valence-corrected chi connectivity index (χ4v) is 0.836. The van der Waals surface area contributed by atoms with E-state index in [4.69, 9.17) is 11.5 Å². The van der Waals surface area contributed by atoms with E-state index in [2.05, 4.69) is 0 Å². The summed E-state index contributed by atoms with van der Waals surface area (Å²) in [5.74, 6) is 0. The van der Waals surface area contributed by atoms with Gasteiger partial charge in [0, 0.05) is 12.6 Å². The van der Waals surface area contributed by atoms with E-state index < -0.39 is 0 Å². The van der Waals surface area contributed by atoms with Gasteiger partial charge in [-0.25, -0.2) is 0 Å². The van der Waals surface area contributed by atoms with Crippen LogP contribution < -0.4 is 11.5 Å². The first kappa shape index (κ1) is 10.4. The molecule has 1 aromatic rings. The minimum atomic E-state index is -0.0128. The molecule has 2 nitrogen and oxygen atoms in total. The van der Waals surface area contributed by atoms with Crippen molar-refractivity contribution in [1.29, 1.82) is 0 Å². The van der Waals surface area contributed by atoms with Crippen molar-refractivity contribution >= 4 is 12.4 Å². The number of rotatable bonds is 2. The van der Waals surface area contributed by atoms with Crippen LogP contribution in [0.4, 0.5) is 0 Å². The third kappa shape index (κ3) is 2.89. The van der Waals surface area contributed by atoms with Crippen LogP contribution in [0.2, 0.25) is 0 Å². The highest BCUT2D eigenvalue weighted by Gasteiger charge is 1.99. The topological polar surface area (TPSA) is 52.0 Å². The van der Waals surface area contributed by atoms with Crippen LogP contribution in [0.25, 0.3) is 0 Å². The first-order valence-electron chi connectivity index (χ1n) is 3.35. The van der Waals surface area contributed by atoms with E-state index in [1.165, 1.54) is 0 Å². The number of nitrogens with two attached hydrogens (primary N) is 2. The Kier molecular flexibility index (Phi) is 4.86. The standard InChI is InChI=1S/C8H12N2.ClH/c9-6-8(10)7-4-2-1-3-5-7;/h1-5,8H,6,9-10H2;1H/t8-;/m0./s1. The van der Waals surface area contributed by atoms with Gasteiger partial charge in [0.1, 0.15) is 0 Å². The van der Waals surface area contributed by atoms with Gasteiger partial charge in [-0.1, -0.05) is 30.3 Å². The SMILES string of the molecule is Cl.NC[C@H](N)c1ccccc1. The van der Waals surface area contributed by atoms with Crippen LogP contribution in [0.5, 0.6) is 0 Å². The smallest absolute Gasteiger partial charge is 0.0419 e. The van der Waals surface area contributed by atoms with Crippen molar-refractivity contribution in [2.45, 2.75) is 6.04 Å². The molecule has 1 aromatic carbocycles. The molecule has 0 bridgehead atoms. The highest BCUT2D eigenvalue weighted by molar-refractivity contribution is 5.85. The molecule has 1 atom stereocenters. The molecule has 0 fully saturated rings. The second kappa shape index (κ2) is 5.13. The second-order valence-electron chi connectivity index (χ2n) is 2.25. The molecule has 0 unspecified atom stereocenters. The van der Waals surface area contributed by atoms with Gasteiger partial charge in [-0.3, -0.25) is 0 Å². The molecule has 0 spiro atoms. The Labute approximate surface area is 73.0 Å². The summed E-state index contributed by atoms with van der Waals surface area (Å²) in [6.45, 7) is 0.504. The van der Waals surface area contributed by atoms with Crippen molar-refractivity contribution in [2.75, 3.05) is 6.54 Å². The molecule has 0 aliphatic heterocycles. The van der Waals surface area contributed by atoms with Crippen molar-refractivity contribution in [2.24, 2.45) is 11.5 Å². The second-order valence-corrected chi connectivity index (χ2v) is 2.25. The molecule has 0 heterocycles. The monoisotopic (exact) mass is 172 g/mol. The summed E-state index contributed by atoms with van der Waals surface area (Å²) in [7, 11) is 0. The van der Waals surface area contributed by atoms with Crippen molar-refractivity contribution in [3.8, 4) is 0 Å². The Bertz CT molecular complexity index is 189. The minimum Gasteiger partial charge on any atom is -0.329 e. The Hall–Kier alpha value is -0.570. The number of hydrogen-bond acceptors (Lipinski definition) is 2. The lowest BCUT2D eigenvalue weighted by Crippen LogP contribution is -2.20. The third-order valence-electron chi connectivity index (χ3n) is 1.48. The maximum absolute atomic E-state index is 5.67. The lowest BCUT2D eigenvalue weighted by atomic mass is 10.1. The van der Waals surface area contributed by atoms with Crippen LogP contribution in [0, 0.1) is 0 Å². The number of halogens is 1. The normalized spacial score (nSPS) is 11.8. The fourth-order valence-electron chi connectivity index (χ4n) is 0.836. The van der Waals surface area contributed by atoms with E-state index in [1.54, 1.807) is 0 Å². The maximum Gasteiger partial charge on any atom is 0.0419 e. The van der Waals surface area contributed by atoms with Gasteiger partial charge in [0.05, 0.1) is 0 Å². The van der Waals surface area contributed by atoms with Crippen molar-refractivity contribution in [1.82, 2.24) is 0 Å². The Balaban J connectivity index is 0.000001000. The molecule has 0 amide bonds. The van der Waals surface area contributed by atoms with Crippen molar-refractivity contribution in [3.05, 3.63) is 35.9 Å². The molecule has 11 heavy (non-hydrogen) atoms. The first-order valence-corrected chi connectivity index (χ1v) is 3.35. The Morgan fingerprint density at radius 2 is 1.73 bits per heavy atom. The molecule has 0 aliphatic carbocycles. The Morgan fingerprint density at radius 1 is 1.18 bits per heavy atom. The predicted octanol–water partition coefficient (Wildman–Crippen LogP) is 1.07. The zero-order valence-corrected chi connectivity index (χ0v) is 7.05. The Morgan fingerprint density at radius 3 is 2.18 bits per heavy atom. The lowest BCUT2D eigenvalue weighted by Gasteiger charge is -2.06. The largest absolute Gasteiger partial charge is 0.329 e.